The van der Waals surface area contributed by atoms with Crippen molar-refractivity contribution in [2.24, 2.45) is 17.8 Å². The first kappa shape index (κ1) is 35.6. The molecule has 4 atom stereocenters. The first-order valence-corrected chi connectivity index (χ1v) is 16.9. The van der Waals surface area contributed by atoms with Gasteiger partial charge < -0.3 is 29.9 Å². The zero-order chi connectivity index (χ0) is 35.1. The van der Waals surface area contributed by atoms with Crippen LogP contribution in [0.2, 0.25) is 5.02 Å². The fraction of sp³-hybridized carbons (Fsp3) is 0.444. The van der Waals surface area contributed by atoms with Crippen molar-refractivity contribution in [3.8, 4) is 11.5 Å². The summed E-state index contributed by atoms with van der Waals surface area (Å²) in [4.78, 5) is 65.9. The molecular formula is C36H43ClN6O6. The van der Waals surface area contributed by atoms with E-state index in [9.17, 15) is 19.2 Å². The Balaban J connectivity index is 1.36. The summed E-state index contributed by atoms with van der Waals surface area (Å²) in [6, 6.07) is 14.3. The predicted molar refractivity (Wildman–Crippen MR) is 183 cm³/mol. The lowest BCUT2D eigenvalue weighted by atomic mass is 9.79. The van der Waals surface area contributed by atoms with E-state index in [4.69, 9.17) is 21.1 Å². The summed E-state index contributed by atoms with van der Waals surface area (Å²) in [5, 5.41) is 5.95. The molecule has 2 N–H and O–H groups in total. The SMILES string of the molecule is CNC(=O)[C@H](CCCc1ccccc1)NC(=O)C1CN(C(=O)c2ncc(Cl)cn2)CC2CN(C(=O)c3ccc(OC(C)C)c(OC)c3)CC21. The van der Waals surface area contributed by atoms with Gasteiger partial charge in [-0.05, 0) is 68.7 Å². The number of halogens is 1. The minimum absolute atomic E-state index is 0.0344. The molecule has 13 heteroatoms. The van der Waals surface area contributed by atoms with Gasteiger partial charge in [-0.1, -0.05) is 41.9 Å². The van der Waals surface area contributed by atoms with Crippen LogP contribution in [0, 0.1) is 17.8 Å². The second-order valence-corrected chi connectivity index (χ2v) is 13.2. The number of likely N-dealkylation sites (tertiary alicyclic amines) is 2. The Labute approximate surface area is 291 Å². The van der Waals surface area contributed by atoms with Crippen molar-refractivity contribution in [2.75, 3.05) is 40.3 Å². The number of nitrogens with one attached hydrogen (secondary N) is 2. The predicted octanol–water partition coefficient (Wildman–Crippen LogP) is 3.64. The van der Waals surface area contributed by atoms with E-state index in [0.717, 1.165) is 12.0 Å². The molecule has 3 heterocycles. The number of carbonyl (C=O) groups is 4. The molecule has 5 rings (SSSR count). The maximum Gasteiger partial charge on any atom is 0.291 e. The molecule has 0 spiro atoms. The normalized spacial score (nSPS) is 19.2. The van der Waals surface area contributed by atoms with Crippen molar-refractivity contribution < 1.29 is 28.7 Å². The summed E-state index contributed by atoms with van der Waals surface area (Å²) in [7, 11) is 3.06. The van der Waals surface area contributed by atoms with Crippen LogP contribution < -0.4 is 20.1 Å². The Bertz CT molecular complexity index is 1640. The van der Waals surface area contributed by atoms with Crippen molar-refractivity contribution in [2.45, 2.75) is 45.3 Å². The Morgan fingerprint density at radius 3 is 2.29 bits per heavy atom. The first-order chi connectivity index (χ1) is 23.6. The summed E-state index contributed by atoms with van der Waals surface area (Å²) in [6.45, 7) is 4.85. The highest BCUT2D eigenvalue weighted by atomic mass is 35.5. The molecule has 260 valence electrons. The van der Waals surface area contributed by atoms with E-state index in [1.807, 2.05) is 44.2 Å². The molecule has 49 heavy (non-hydrogen) atoms. The van der Waals surface area contributed by atoms with E-state index in [1.165, 1.54) is 19.5 Å². The highest BCUT2D eigenvalue weighted by Gasteiger charge is 2.48. The molecule has 2 fully saturated rings. The average Bonchev–Trinajstić information content (AvgIpc) is 3.55. The number of piperidine rings is 1. The average molecular weight is 691 g/mol. The highest BCUT2D eigenvalue weighted by molar-refractivity contribution is 6.30. The number of fused-ring (bicyclic) bond motifs is 1. The summed E-state index contributed by atoms with van der Waals surface area (Å²) in [6.07, 6.45) is 4.51. The van der Waals surface area contributed by atoms with Crippen molar-refractivity contribution in [3.05, 3.63) is 82.9 Å². The fourth-order valence-corrected chi connectivity index (χ4v) is 6.76. The van der Waals surface area contributed by atoms with Gasteiger partial charge in [-0.15, -0.1) is 0 Å². The third-order valence-electron chi connectivity index (χ3n) is 9.06. The van der Waals surface area contributed by atoms with E-state index in [2.05, 4.69) is 20.6 Å². The number of amides is 4. The van der Waals surface area contributed by atoms with Gasteiger partial charge in [-0.25, -0.2) is 9.97 Å². The van der Waals surface area contributed by atoms with Gasteiger partial charge in [-0.2, -0.15) is 0 Å². The van der Waals surface area contributed by atoms with Crippen molar-refractivity contribution in [1.29, 1.82) is 0 Å². The van der Waals surface area contributed by atoms with Gasteiger partial charge in [0.25, 0.3) is 11.8 Å². The number of methoxy groups -OCH3 is 1. The molecule has 4 amide bonds. The number of ether oxygens (including phenoxy) is 2. The molecule has 3 aromatic rings. The van der Waals surface area contributed by atoms with Crippen LogP contribution in [0.15, 0.2) is 60.9 Å². The topological polar surface area (TPSA) is 143 Å². The molecular weight excluding hydrogens is 648 g/mol. The molecule has 2 aromatic carbocycles. The van der Waals surface area contributed by atoms with Crippen molar-refractivity contribution in [3.63, 3.8) is 0 Å². The van der Waals surface area contributed by atoms with Gasteiger partial charge in [-0.3, -0.25) is 19.2 Å². The van der Waals surface area contributed by atoms with Crippen molar-refractivity contribution in [1.82, 2.24) is 30.4 Å². The monoisotopic (exact) mass is 690 g/mol. The smallest absolute Gasteiger partial charge is 0.291 e. The van der Waals surface area contributed by atoms with Crippen LogP contribution in [-0.2, 0) is 16.0 Å². The Hall–Kier alpha value is -4.71. The lowest BCUT2D eigenvalue weighted by Crippen LogP contribution is -2.56. The third kappa shape index (κ3) is 8.66. The minimum atomic E-state index is -0.761. The number of aromatic nitrogens is 2. The molecule has 3 unspecified atom stereocenters. The van der Waals surface area contributed by atoms with E-state index < -0.39 is 17.9 Å². The number of likely N-dealkylation sites (N-methyl/N-ethyl adjacent to an activating group) is 1. The lowest BCUT2D eigenvalue weighted by Gasteiger charge is -2.39. The molecule has 1 aromatic heterocycles. The third-order valence-corrected chi connectivity index (χ3v) is 9.25. The van der Waals surface area contributed by atoms with Gasteiger partial charge in [0, 0.05) is 51.2 Å². The number of benzene rings is 2. The van der Waals surface area contributed by atoms with E-state index in [1.54, 1.807) is 35.0 Å². The molecule has 12 nitrogen and oxygen atoms in total. The Morgan fingerprint density at radius 1 is 0.939 bits per heavy atom. The highest BCUT2D eigenvalue weighted by Crippen LogP contribution is 2.37. The zero-order valence-corrected chi connectivity index (χ0v) is 29.0. The number of nitrogens with zero attached hydrogens (tertiary/aromatic N) is 4. The second-order valence-electron chi connectivity index (χ2n) is 12.8. The quantitative estimate of drug-likeness (QED) is 0.293. The Kier molecular flexibility index (Phi) is 11.7. The van der Waals surface area contributed by atoms with Gasteiger partial charge in [0.1, 0.15) is 6.04 Å². The van der Waals surface area contributed by atoms with Crippen LogP contribution in [0.1, 0.15) is 53.2 Å². The molecule has 2 aliphatic rings. The fourth-order valence-electron chi connectivity index (χ4n) is 6.66. The van der Waals surface area contributed by atoms with Crippen LogP contribution >= 0.6 is 11.6 Å². The van der Waals surface area contributed by atoms with Crippen LogP contribution in [0.4, 0.5) is 0 Å². The van der Waals surface area contributed by atoms with Gasteiger partial charge >= 0.3 is 0 Å². The maximum atomic E-state index is 14.1. The number of aryl methyl sites for hydroxylation is 1. The largest absolute Gasteiger partial charge is 0.493 e. The van der Waals surface area contributed by atoms with E-state index in [0.29, 0.717) is 54.6 Å². The summed E-state index contributed by atoms with van der Waals surface area (Å²) in [5.74, 6) is -1.49. The number of carbonyl (C=O) groups excluding carboxylic acids is 4. The van der Waals surface area contributed by atoms with Gasteiger partial charge in [0.05, 0.1) is 24.2 Å². The second kappa shape index (κ2) is 16.1. The number of hydrogen-bond acceptors (Lipinski definition) is 8. The van der Waals surface area contributed by atoms with Crippen LogP contribution in [0.3, 0.4) is 0 Å². The zero-order valence-electron chi connectivity index (χ0n) is 28.2. The first-order valence-electron chi connectivity index (χ1n) is 16.5. The molecule has 0 aliphatic carbocycles. The van der Waals surface area contributed by atoms with Crippen LogP contribution in [0.25, 0.3) is 0 Å². The summed E-state index contributed by atoms with van der Waals surface area (Å²) < 4.78 is 11.3. The van der Waals surface area contributed by atoms with E-state index >= 15 is 0 Å². The Morgan fingerprint density at radius 2 is 1.63 bits per heavy atom. The molecule has 0 radical (unpaired) electrons. The lowest BCUT2D eigenvalue weighted by molar-refractivity contribution is -0.133. The molecule has 2 aliphatic heterocycles. The summed E-state index contributed by atoms with van der Waals surface area (Å²) >= 11 is 5.95. The van der Waals surface area contributed by atoms with Crippen LogP contribution in [0.5, 0.6) is 11.5 Å². The van der Waals surface area contributed by atoms with E-state index in [-0.39, 0.29) is 48.0 Å². The number of hydrogen-bond donors (Lipinski definition) is 2. The number of rotatable bonds is 12. The minimum Gasteiger partial charge on any atom is -0.493 e. The standard InChI is InChI=1S/C36H43ClN6O6/c1-22(2)49-30-14-13-24(15-31(30)48-4)35(46)42-18-25-19-43(36(47)32-39-16-26(37)17-40-32)21-28(27(25)20-42)33(44)41-29(34(45)38-3)12-8-11-23-9-6-5-7-10-23/h5-7,9-10,13-17,22,25,27-29H,8,11-12,18-21H2,1-4H3,(H,38,45)(H,41,44)/t25?,27?,28?,29-/m0/s1. The van der Waals surface area contributed by atoms with Crippen molar-refractivity contribution >= 4 is 35.2 Å². The molecule has 2 saturated heterocycles. The summed E-state index contributed by atoms with van der Waals surface area (Å²) in [5.41, 5.74) is 1.57. The van der Waals surface area contributed by atoms with Gasteiger partial charge in [0.2, 0.25) is 17.6 Å². The molecule has 0 bridgehead atoms. The van der Waals surface area contributed by atoms with Crippen LogP contribution in [-0.4, -0.2) is 95.9 Å². The van der Waals surface area contributed by atoms with Gasteiger partial charge in [0.15, 0.2) is 11.5 Å². The molecule has 0 saturated carbocycles. The maximum absolute atomic E-state index is 14.1.